The third kappa shape index (κ3) is 5.21. The van der Waals surface area contributed by atoms with Crippen LogP contribution in [0.1, 0.15) is 64.7 Å². The minimum atomic E-state index is -0.0192. The Bertz CT molecular complexity index is 330. The average molecular weight is 311 g/mol. The number of nitrogens with zero attached hydrogens (tertiary/aromatic N) is 2. The van der Waals surface area contributed by atoms with Gasteiger partial charge in [0.05, 0.1) is 6.61 Å². The van der Waals surface area contributed by atoms with Crippen LogP contribution in [0.15, 0.2) is 0 Å². The van der Waals surface area contributed by atoms with Crippen LogP contribution in [0.2, 0.25) is 0 Å². The maximum atomic E-state index is 12.4. The van der Waals surface area contributed by atoms with Gasteiger partial charge >= 0.3 is 5.97 Å². The molecule has 2 heterocycles. The number of hydrogen-bond acceptors (Lipinski definition) is 5. The van der Waals surface area contributed by atoms with Crippen LogP contribution in [0.5, 0.6) is 0 Å². The van der Waals surface area contributed by atoms with Crippen molar-refractivity contribution in [1.82, 2.24) is 9.91 Å². The summed E-state index contributed by atoms with van der Waals surface area (Å²) in [4.78, 5) is 14.9. The first kappa shape index (κ1) is 17.7. The third-order valence-electron chi connectivity index (χ3n) is 5.03. The van der Waals surface area contributed by atoms with Crippen molar-refractivity contribution in [3.05, 3.63) is 0 Å². The maximum absolute atomic E-state index is 12.4. The normalized spacial score (nSPS) is 25.3. The summed E-state index contributed by atoms with van der Waals surface area (Å²) in [5, 5.41) is 1.89. The fourth-order valence-electron chi connectivity index (χ4n) is 3.66. The highest BCUT2D eigenvalue weighted by molar-refractivity contribution is 5.76. The van der Waals surface area contributed by atoms with Gasteiger partial charge in [-0.1, -0.05) is 32.6 Å². The Kier molecular flexibility index (Phi) is 7.63. The molecule has 0 aromatic carbocycles. The number of nitrogens with two attached hydrogens (primary N) is 1. The Balaban J connectivity index is 1.79. The molecule has 22 heavy (non-hydrogen) atoms. The zero-order valence-corrected chi connectivity index (χ0v) is 14.1. The van der Waals surface area contributed by atoms with E-state index in [0.717, 1.165) is 58.2 Å². The number of rotatable bonds is 7. The van der Waals surface area contributed by atoms with Crippen molar-refractivity contribution < 1.29 is 9.53 Å². The molecule has 0 radical (unpaired) electrons. The molecule has 0 bridgehead atoms. The molecule has 0 amide bonds. The molecule has 2 rings (SSSR count). The van der Waals surface area contributed by atoms with Crippen molar-refractivity contribution in [2.24, 2.45) is 5.84 Å². The van der Waals surface area contributed by atoms with E-state index in [1.165, 1.54) is 19.3 Å². The van der Waals surface area contributed by atoms with E-state index in [-0.39, 0.29) is 12.0 Å². The molecule has 0 aromatic rings. The van der Waals surface area contributed by atoms with Gasteiger partial charge in [-0.05, 0) is 38.6 Å². The minimum Gasteiger partial charge on any atom is -0.465 e. The van der Waals surface area contributed by atoms with Crippen LogP contribution in [-0.4, -0.2) is 54.2 Å². The van der Waals surface area contributed by atoms with Crippen molar-refractivity contribution in [2.45, 2.75) is 76.8 Å². The second-order valence-corrected chi connectivity index (χ2v) is 6.74. The van der Waals surface area contributed by atoms with Crippen molar-refractivity contribution in [3.8, 4) is 0 Å². The summed E-state index contributed by atoms with van der Waals surface area (Å²) in [6.45, 7) is 5.67. The van der Waals surface area contributed by atoms with E-state index in [0.29, 0.717) is 12.6 Å². The standard InChI is InChI=1S/C17H33N3O2/c1-2-3-4-7-14-22-17(21)16-8-5-6-11-20(16)15-9-12-19(18)13-10-15/h15-16H,2-14,18H2,1H3. The van der Waals surface area contributed by atoms with Gasteiger partial charge in [0.25, 0.3) is 0 Å². The quantitative estimate of drug-likeness (QED) is 0.444. The SMILES string of the molecule is CCCCCCOC(=O)C1CCCCN1C1CCN(N)CC1. The Morgan fingerprint density at radius 1 is 1.09 bits per heavy atom. The van der Waals surface area contributed by atoms with Crippen LogP contribution in [-0.2, 0) is 9.53 Å². The zero-order chi connectivity index (χ0) is 15.8. The number of hydrazine groups is 1. The summed E-state index contributed by atoms with van der Waals surface area (Å²) in [6.07, 6.45) is 10.0. The summed E-state index contributed by atoms with van der Waals surface area (Å²) in [7, 11) is 0. The first-order valence-electron chi connectivity index (χ1n) is 9.14. The Labute approximate surface area is 135 Å². The van der Waals surface area contributed by atoms with E-state index >= 15 is 0 Å². The molecule has 2 fully saturated rings. The van der Waals surface area contributed by atoms with Gasteiger partial charge in [0.2, 0.25) is 0 Å². The predicted octanol–water partition coefficient (Wildman–Crippen LogP) is 2.30. The van der Waals surface area contributed by atoms with E-state index in [9.17, 15) is 4.79 Å². The lowest BCUT2D eigenvalue weighted by molar-refractivity contribution is -0.153. The van der Waals surface area contributed by atoms with Gasteiger partial charge in [-0.15, -0.1) is 0 Å². The largest absolute Gasteiger partial charge is 0.465 e. The molecular weight excluding hydrogens is 278 g/mol. The minimum absolute atomic E-state index is 0.00590. The van der Waals surface area contributed by atoms with Gasteiger partial charge in [-0.2, -0.15) is 0 Å². The number of carbonyl (C=O) groups is 1. The number of carbonyl (C=O) groups excluding carboxylic acids is 1. The molecule has 2 aliphatic heterocycles. The predicted molar refractivity (Wildman–Crippen MR) is 88.2 cm³/mol. The van der Waals surface area contributed by atoms with E-state index < -0.39 is 0 Å². The molecule has 0 spiro atoms. The third-order valence-corrected chi connectivity index (χ3v) is 5.03. The lowest BCUT2D eigenvalue weighted by Gasteiger charge is -2.42. The molecule has 1 unspecified atom stereocenters. The highest BCUT2D eigenvalue weighted by atomic mass is 16.5. The number of piperidine rings is 2. The second kappa shape index (κ2) is 9.48. The lowest BCUT2D eigenvalue weighted by Crippen LogP contribution is -2.54. The highest BCUT2D eigenvalue weighted by Gasteiger charge is 2.35. The highest BCUT2D eigenvalue weighted by Crippen LogP contribution is 2.25. The van der Waals surface area contributed by atoms with E-state index in [1.54, 1.807) is 0 Å². The topological polar surface area (TPSA) is 58.8 Å². The van der Waals surface area contributed by atoms with Crippen LogP contribution >= 0.6 is 0 Å². The van der Waals surface area contributed by atoms with Crippen LogP contribution in [0.3, 0.4) is 0 Å². The van der Waals surface area contributed by atoms with Gasteiger partial charge in [0.15, 0.2) is 0 Å². The maximum Gasteiger partial charge on any atom is 0.323 e. The molecule has 1 atom stereocenters. The van der Waals surface area contributed by atoms with Gasteiger partial charge in [-0.3, -0.25) is 15.5 Å². The van der Waals surface area contributed by atoms with Gasteiger partial charge < -0.3 is 4.74 Å². The summed E-state index contributed by atoms with van der Waals surface area (Å²) in [5.41, 5.74) is 0. The zero-order valence-electron chi connectivity index (χ0n) is 14.1. The number of hydrogen-bond donors (Lipinski definition) is 1. The summed E-state index contributed by atoms with van der Waals surface area (Å²) in [5.74, 6) is 5.86. The summed E-state index contributed by atoms with van der Waals surface area (Å²) >= 11 is 0. The van der Waals surface area contributed by atoms with Crippen LogP contribution in [0, 0.1) is 0 Å². The lowest BCUT2D eigenvalue weighted by atomic mass is 9.95. The van der Waals surface area contributed by atoms with E-state index in [1.807, 2.05) is 5.01 Å². The Morgan fingerprint density at radius 3 is 2.59 bits per heavy atom. The summed E-state index contributed by atoms with van der Waals surface area (Å²) in [6, 6.07) is 0.479. The molecular formula is C17H33N3O2. The smallest absolute Gasteiger partial charge is 0.323 e. The van der Waals surface area contributed by atoms with E-state index in [4.69, 9.17) is 10.6 Å². The molecule has 0 saturated carbocycles. The van der Waals surface area contributed by atoms with Crippen LogP contribution < -0.4 is 5.84 Å². The van der Waals surface area contributed by atoms with Crippen LogP contribution in [0.4, 0.5) is 0 Å². The summed E-state index contributed by atoms with van der Waals surface area (Å²) < 4.78 is 5.55. The van der Waals surface area contributed by atoms with Gasteiger partial charge in [0.1, 0.15) is 6.04 Å². The van der Waals surface area contributed by atoms with Crippen molar-refractivity contribution in [3.63, 3.8) is 0 Å². The second-order valence-electron chi connectivity index (χ2n) is 6.74. The average Bonchev–Trinajstić information content (AvgIpc) is 2.55. The first-order valence-corrected chi connectivity index (χ1v) is 9.14. The molecule has 5 nitrogen and oxygen atoms in total. The number of ether oxygens (including phenoxy) is 1. The Morgan fingerprint density at radius 2 is 1.86 bits per heavy atom. The number of likely N-dealkylation sites (tertiary alicyclic amines) is 1. The molecule has 5 heteroatoms. The van der Waals surface area contributed by atoms with Gasteiger partial charge in [0, 0.05) is 19.1 Å². The fraction of sp³-hybridized carbons (Fsp3) is 0.941. The first-order chi connectivity index (χ1) is 10.7. The number of unbranched alkanes of at least 4 members (excludes halogenated alkanes) is 3. The molecule has 0 aromatic heterocycles. The van der Waals surface area contributed by atoms with Gasteiger partial charge in [-0.25, -0.2) is 5.01 Å². The molecule has 0 aliphatic carbocycles. The van der Waals surface area contributed by atoms with Crippen molar-refractivity contribution in [2.75, 3.05) is 26.2 Å². The molecule has 2 saturated heterocycles. The van der Waals surface area contributed by atoms with Crippen molar-refractivity contribution >= 4 is 5.97 Å². The number of esters is 1. The fourth-order valence-corrected chi connectivity index (χ4v) is 3.66. The van der Waals surface area contributed by atoms with E-state index in [2.05, 4.69) is 11.8 Å². The Hall–Kier alpha value is -0.650. The molecule has 2 aliphatic rings. The monoisotopic (exact) mass is 311 g/mol. The molecule has 128 valence electrons. The van der Waals surface area contributed by atoms with Crippen molar-refractivity contribution in [1.29, 1.82) is 0 Å². The molecule has 2 N–H and O–H groups in total. The van der Waals surface area contributed by atoms with Crippen LogP contribution in [0.25, 0.3) is 0 Å².